The molecule has 2 aromatic heterocycles. The number of carboxylic acids is 1. The van der Waals surface area contributed by atoms with Crippen LogP contribution in [0.4, 0.5) is 0 Å². The van der Waals surface area contributed by atoms with E-state index in [4.69, 9.17) is 4.74 Å². The minimum absolute atomic E-state index is 0.0815. The molecule has 0 saturated heterocycles. The summed E-state index contributed by atoms with van der Waals surface area (Å²) >= 11 is 0. The molecule has 292 valence electrons. The van der Waals surface area contributed by atoms with Gasteiger partial charge in [0.15, 0.2) is 5.82 Å². The molecule has 2 heterocycles. The first-order valence-electron chi connectivity index (χ1n) is 19.5. The van der Waals surface area contributed by atoms with Crippen molar-refractivity contribution in [3.05, 3.63) is 132 Å². The van der Waals surface area contributed by atoms with E-state index >= 15 is 0 Å². The van der Waals surface area contributed by atoms with E-state index in [0.717, 1.165) is 52.2 Å². The van der Waals surface area contributed by atoms with E-state index in [2.05, 4.69) is 53.3 Å². The number of nitrogens with one attached hydrogen (secondary N) is 2. The summed E-state index contributed by atoms with van der Waals surface area (Å²) in [6.07, 6.45) is 13.2. The number of aliphatic carboxylic acids is 1. The summed E-state index contributed by atoms with van der Waals surface area (Å²) in [6, 6.07) is 25.4. The molecule has 0 aliphatic heterocycles. The number of benzene rings is 3. The third kappa shape index (κ3) is 12.3. The van der Waals surface area contributed by atoms with E-state index in [9.17, 15) is 19.5 Å². The lowest BCUT2D eigenvalue weighted by molar-refractivity contribution is -0.141. The van der Waals surface area contributed by atoms with E-state index in [1.165, 1.54) is 25.7 Å². The Hall–Kier alpha value is -5.90. The normalized spacial score (nSPS) is 12.4. The van der Waals surface area contributed by atoms with Crippen LogP contribution in [-0.4, -0.2) is 57.0 Å². The van der Waals surface area contributed by atoms with Crippen LogP contribution in [-0.2, 0) is 27.8 Å². The Morgan fingerprint density at radius 3 is 2.05 bits per heavy atom. The fraction of sp³-hybridized carbons (Fsp3) is 0.348. The van der Waals surface area contributed by atoms with Gasteiger partial charge in [-0.15, -0.1) is 0 Å². The van der Waals surface area contributed by atoms with E-state index < -0.39 is 29.7 Å². The van der Waals surface area contributed by atoms with Crippen LogP contribution in [0, 0.1) is 5.92 Å². The van der Waals surface area contributed by atoms with Crippen molar-refractivity contribution in [2.24, 2.45) is 5.92 Å². The van der Waals surface area contributed by atoms with Gasteiger partial charge in [0.25, 0.3) is 5.91 Å². The molecule has 0 radical (unpaired) electrons. The molecule has 0 bridgehead atoms. The fourth-order valence-electron chi connectivity index (χ4n) is 6.26. The van der Waals surface area contributed by atoms with Gasteiger partial charge >= 0.3 is 5.97 Å². The Kier molecular flexibility index (Phi) is 14.8. The number of aromatic nitrogens is 3. The first-order valence-corrected chi connectivity index (χ1v) is 19.5. The van der Waals surface area contributed by atoms with Gasteiger partial charge in [-0.1, -0.05) is 108 Å². The summed E-state index contributed by atoms with van der Waals surface area (Å²) in [7, 11) is 0. The molecule has 5 rings (SSSR count). The fourth-order valence-corrected chi connectivity index (χ4v) is 6.26. The SMILES string of the molecule is CCCCCCCOc1ccc(-c2cnc(-c3ccc(C[C@H](NC(=O)c4ccc(C(C)(C)C)cc4)C(=O)NCC(Cc4cccnc4)C(=O)O)cc3)nc2)cc1. The molecule has 0 spiro atoms. The lowest BCUT2D eigenvalue weighted by atomic mass is 9.86. The highest BCUT2D eigenvalue weighted by atomic mass is 16.5. The summed E-state index contributed by atoms with van der Waals surface area (Å²) in [5.74, 6) is -1.39. The minimum atomic E-state index is -1.04. The number of nitrogens with zero attached hydrogens (tertiary/aromatic N) is 3. The van der Waals surface area contributed by atoms with Crippen molar-refractivity contribution in [2.75, 3.05) is 13.2 Å². The number of rotatable bonds is 19. The van der Waals surface area contributed by atoms with Crippen LogP contribution in [0.25, 0.3) is 22.5 Å². The maximum Gasteiger partial charge on any atom is 0.308 e. The molecule has 10 heteroatoms. The Bertz CT molecular complexity index is 1990. The van der Waals surface area contributed by atoms with Gasteiger partial charge in [0.1, 0.15) is 11.8 Å². The van der Waals surface area contributed by atoms with Crippen molar-refractivity contribution in [2.45, 2.75) is 84.1 Å². The second kappa shape index (κ2) is 20.1. The van der Waals surface area contributed by atoms with Crippen molar-refractivity contribution in [3.63, 3.8) is 0 Å². The molecule has 0 saturated carbocycles. The maximum atomic E-state index is 13.7. The molecule has 0 fully saturated rings. The predicted octanol–water partition coefficient (Wildman–Crippen LogP) is 8.25. The topological polar surface area (TPSA) is 143 Å². The summed E-state index contributed by atoms with van der Waals surface area (Å²) in [6.45, 7) is 9.11. The highest BCUT2D eigenvalue weighted by molar-refractivity contribution is 5.97. The number of pyridine rings is 1. The van der Waals surface area contributed by atoms with Gasteiger partial charge in [-0.3, -0.25) is 19.4 Å². The second-order valence-electron chi connectivity index (χ2n) is 15.2. The molecule has 2 atom stereocenters. The Morgan fingerprint density at radius 1 is 0.750 bits per heavy atom. The molecule has 3 aromatic carbocycles. The molecule has 0 aliphatic carbocycles. The number of carbonyl (C=O) groups is 3. The van der Waals surface area contributed by atoms with E-state index in [1.807, 2.05) is 60.7 Å². The number of amides is 2. The van der Waals surface area contributed by atoms with Gasteiger partial charge in [-0.2, -0.15) is 0 Å². The van der Waals surface area contributed by atoms with Gasteiger partial charge in [0.2, 0.25) is 5.91 Å². The maximum absolute atomic E-state index is 13.7. The number of carbonyl (C=O) groups excluding carboxylic acids is 2. The third-order valence-corrected chi connectivity index (χ3v) is 9.72. The quantitative estimate of drug-likeness (QED) is 0.0716. The highest BCUT2D eigenvalue weighted by Gasteiger charge is 2.26. The van der Waals surface area contributed by atoms with Crippen LogP contribution in [0.5, 0.6) is 5.75 Å². The average molecular weight is 756 g/mol. The number of unbranched alkanes of at least 4 members (excludes halogenated alkanes) is 4. The lowest BCUT2D eigenvalue weighted by Crippen LogP contribution is -2.49. The molecule has 0 aliphatic rings. The third-order valence-electron chi connectivity index (χ3n) is 9.72. The van der Waals surface area contributed by atoms with Crippen molar-refractivity contribution in [3.8, 4) is 28.3 Å². The average Bonchev–Trinajstić information content (AvgIpc) is 3.21. The molecule has 5 aromatic rings. The predicted molar refractivity (Wildman–Crippen MR) is 219 cm³/mol. The Balaban J connectivity index is 1.24. The van der Waals surface area contributed by atoms with Crippen molar-refractivity contribution in [1.29, 1.82) is 0 Å². The number of hydrogen-bond acceptors (Lipinski definition) is 7. The zero-order chi connectivity index (χ0) is 39.9. The first kappa shape index (κ1) is 41.3. The van der Waals surface area contributed by atoms with E-state index in [0.29, 0.717) is 11.4 Å². The molecule has 1 unspecified atom stereocenters. The molecule has 56 heavy (non-hydrogen) atoms. The van der Waals surface area contributed by atoms with Gasteiger partial charge in [0.05, 0.1) is 12.5 Å². The Labute approximate surface area is 330 Å². The summed E-state index contributed by atoms with van der Waals surface area (Å²) in [5, 5.41) is 15.6. The van der Waals surface area contributed by atoms with Gasteiger partial charge in [0, 0.05) is 54.4 Å². The molecule has 10 nitrogen and oxygen atoms in total. The monoisotopic (exact) mass is 755 g/mol. The largest absolute Gasteiger partial charge is 0.494 e. The van der Waals surface area contributed by atoms with Gasteiger partial charge < -0.3 is 20.5 Å². The molecular formula is C46H53N5O5. The van der Waals surface area contributed by atoms with Crippen LogP contribution in [0.3, 0.4) is 0 Å². The second-order valence-corrected chi connectivity index (χ2v) is 15.2. The standard InChI is InChI=1S/C46H53N5O5/c1-5-6-7-8-9-25-56-40-22-18-34(19-23-40)38-30-48-42(49-31-38)35-14-12-32(13-15-35)27-41(51-43(52)36-16-20-39(21-17-36)46(2,3)4)44(53)50-29-37(45(54)55)26-33-11-10-24-47-28-33/h10-24,28,30-31,37,41H,5-9,25-27,29H2,1-4H3,(H,50,53)(H,51,52)(H,54,55)/t37?,41-/m0/s1. The Morgan fingerprint density at radius 2 is 1.43 bits per heavy atom. The molecule has 2 amide bonds. The van der Waals surface area contributed by atoms with Crippen molar-refractivity contribution in [1.82, 2.24) is 25.6 Å². The molecular weight excluding hydrogens is 703 g/mol. The highest BCUT2D eigenvalue weighted by Crippen LogP contribution is 2.25. The first-order chi connectivity index (χ1) is 27.0. The van der Waals surface area contributed by atoms with Gasteiger partial charge in [-0.25, -0.2) is 9.97 Å². The van der Waals surface area contributed by atoms with Crippen molar-refractivity contribution >= 4 is 17.8 Å². The van der Waals surface area contributed by atoms with Crippen LogP contribution < -0.4 is 15.4 Å². The number of ether oxygens (including phenoxy) is 1. The summed E-state index contributed by atoms with van der Waals surface area (Å²) < 4.78 is 5.91. The smallest absolute Gasteiger partial charge is 0.308 e. The summed E-state index contributed by atoms with van der Waals surface area (Å²) in [5.41, 5.74) is 5.64. The van der Waals surface area contributed by atoms with E-state index in [1.54, 1.807) is 49.1 Å². The van der Waals surface area contributed by atoms with Crippen LogP contribution >= 0.6 is 0 Å². The van der Waals surface area contributed by atoms with Crippen LogP contribution in [0.2, 0.25) is 0 Å². The zero-order valence-electron chi connectivity index (χ0n) is 32.8. The van der Waals surface area contributed by atoms with Crippen molar-refractivity contribution < 1.29 is 24.2 Å². The van der Waals surface area contributed by atoms with E-state index in [-0.39, 0.29) is 24.8 Å². The minimum Gasteiger partial charge on any atom is -0.494 e. The van der Waals surface area contributed by atoms with Crippen LogP contribution in [0.1, 0.15) is 86.8 Å². The zero-order valence-corrected chi connectivity index (χ0v) is 32.8. The molecule has 3 N–H and O–H groups in total. The number of carboxylic acid groups (broad SMARTS) is 1. The lowest BCUT2D eigenvalue weighted by Gasteiger charge is -2.21. The summed E-state index contributed by atoms with van der Waals surface area (Å²) in [4.78, 5) is 52.5. The number of hydrogen-bond donors (Lipinski definition) is 3. The van der Waals surface area contributed by atoms with Gasteiger partial charge in [-0.05, 0) is 70.8 Å². The van der Waals surface area contributed by atoms with Crippen LogP contribution in [0.15, 0.2) is 110 Å².